The molecule has 2 nitrogen and oxygen atoms in total. The quantitative estimate of drug-likeness (QED) is 0.763. The minimum absolute atomic E-state index is 0.217. The van der Waals surface area contributed by atoms with Crippen LogP contribution in [0.1, 0.15) is 24.3 Å². The Morgan fingerprint density at radius 2 is 2.43 bits per heavy atom. The zero-order valence-electron chi connectivity index (χ0n) is 8.55. The van der Waals surface area contributed by atoms with Crippen LogP contribution in [-0.4, -0.2) is 20.3 Å². The number of hydrogen-bond donors (Lipinski definition) is 1. The van der Waals surface area contributed by atoms with Gasteiger partial charge < -0.3 is 10.1 Å². The first-order valence-corrected chi connectivity index (χ1v) is 6.03. The molecule has 0 saturated heterocycles. The summed E-state index contributed by atoms with van der Waals surface area (Å²) in [5.41, 5.74) is 0. The molecule has 0 aliphatic heterocycles. The second kappa shape index (κ2) is 6.40. The average Bonchev–Trinajstić information content (AvgIpc) is 2.60. The molecule has 0 radical (unpaired) electrons. The van der Waals surface area contributed by atoms with Gasteiger partial charge in [0, 0.05) is 11.5 Å². The molecule has 14 heavy (non-hydrogen) atoms. The van der Waals surface area contributed by atoms with Gasteiger partial charge in [-0.1, -0.05) is 18.5 Å². The highest BCUT2D eigenvalue weighted by Gasteiger charge is 2.13. The molecule has 0 fully saturated rings. The van der Waals surface area contributed by atoms with Crippen molar-refractivity contribution in [2.24, 2.45) is 0 Å². The molecule has 0 spiro atoms. The van der Waals surface area contributed by atoms with Crippen LogP contribution in [0.4, 0.5) is 0 Å². The van der Waals surface area contributed by atoms with Gasteiger partial charge in [0.2, 0.25) is 0 Å². The second-order valence-corrected chi connectivity index (χ2v) is 4.40. The van der Waals surface area contributed by atoms with E-state index in [2.05, 4.69) is 12.2 Å². The van der Waals surface area contributed by atoms with E-state index in [1.54, 1.807) is 11.3 Å². The van der Waals surface area contributed by atoms with Crippen LogP contribution in [0.25, 0.3) is 0 Å². The van der Waals surface area contributed by atoms with Crippen molar-refractivity contribution in [3.8, 4) is 0 Å². The van der Waals surface area contributed by atoms with E-state index in [0.717, 1.165) is 22.9 Å². The number of hydrogen-bond acceptors (Lipinski definition) is 3. The molecule has 1 rings (SSSR count). The first-order valence-electron chi connectivity index (χ1n) is 4.77. The van der Waals surface area contributed by atoms with Crippen LogP contribution >= 0.6 is 22.9 Å². The number of rotatable bonds is 6. The summed E-state index contributed by atoms with van der Waals surface area (Å²) in [6.07, 6.45) is 1.05. The fourth-order valence-electron chi connectivity index (χ4n) is 1.19. The van der Waals surface area contributed by atoms with Gasteiger partial charge in [-0.25, -0.2) is 0 Å². The summed E-state index contributed by atoms with van der Waals surface area (Å²) in [6, 6.07) is 2.14. The number of thiophene rings is 1. The van der Waals surface area contributed by atoms with Crippen molar-refractivity contribution < 1.29 is 4.74 Å². The van der Waals surface area contributed by atoms with Gasteiger partial charge >= 0.3 is 0 Å². The van der Waals surface area contributed by atoms with E-state index in [1.807, 2.05) is 18.5 Å². The molecule has 0 saturated carbocycles. The minimum atomic E-state index is 0.217. The lowest BCUT2D eigenvalue weighted by molar-refractivity contribution is 0.115. The lowest BCUT2D eigenvalue weighted by Gasteiger charge is -2.15. The lowest BCUT2D eigenvalue weighted by atomic mass is 10.2. The maximum absolute atomic E-state index is 6.04. The Morgan fingerprint density at radius 1 is 1.64 bits per heavy atom. The number of halogens is 1. The third-order valence-electron chi connectivity index (χ3n) is 1.94. The first kappa shape index (κ1) is 12.0. The Bertz CT molecular complexity index is 264. The molecule has 0 aliphatic rings. The normalized spacial score (nSPS) is 13.1. The van der Waals surface area contributed by atoms with Crippen LogP contribution in [-0.2, 0) is 4.74 Å². The molecule has 1 aromatic heterocycles. The van der Waals surface area contributed by atoms with Crippen LogP contribution in [0.15, 0.2) is 11.4 Å². The number of nitrogens with one attached hydrogen (secondary N) is 1. The molecule has 0 aliphatic carbocycles. The third kappa shape index (κ3) is 3.24. The van der Waals surface area contributed by atoms with Crippen molar-refractivity contribution in [1.29, 1.82) is 0 Å². The summed E-state index contributed by atoms with van der Waals surface area (Å²) in [5, 5.41) is 6.04. The highest BCUT2D eigenvalue weighted by Crippen LogP contribution is 2.28. The molecule has 1 atom stereocenters. The van der Waals surface area contributed by atoms with Gasteiger partial charge in [-0.3, -0.25) is 0 Å². The predicted molar refractivity (Wildman–Crippen MR) is 62.2 cm³/mol. The van der Waals surface area contributed by atoms with E-state index in [9.17, 15) is 0 Å². The van der Waals surface area contributed by atoms with Crippen LogP contribution in [0.5, 0.6) is 0 Å². The van der Waals surface area contributed by atoms with Crippen LogP contribution < -0.4 is 5.32 Å². The van der Waals surface area contributed by atoms with Gasteiger partial charge in [-0.2, -0.15) is 0 Å². The van der Waals surface area contributed by atoms with Gasteiger partial charge in [-0.15, -0.1) is 11.3 Å². The smallest absolute Gasteiger partial charge is 0.0669 e. The lowest BCUT2D eigenvalue weighted by Crippen LogP contribution is -2.21. The zero-order chi connectivity index (χ0) is 10.4. The molecule has 4 heteroatoms. The topological polar surface area (TPSA) is 21.3 Å². The Balaban J connectivity index is 2.50. The average molecular weight is 234 g/mol. The standard InChI is InChI=1S/C10H16ClNOS/c1-3-5-13-7-9(12-2)10-8(11)4-6-14-10/h4,6,9,12H,3,5,7H2,1-2H3. The molecule has 80 valence electrons. The van der Waals surface area contributed by atoms with E-state index in [1.165, 1.54) is 0 Å². The van der Waals surface area contributed by atoms with Gasteiger partial charge in [0.05, 0.1) is 17.7 Å². The van der Waals surface area contributed by atoms with Crippen LogP contribution in [0.3, 0.4) is 0 Å². The van der Waals surface area contributed by atoms with Crippen molar-refractivity contribution in [3.05, 3.63) is 21.3 Å². The molecular weight excluding hydrogens is 218 g/mol. The van der Waals surface area contributed by atoms with Crippen LogP contribution in [0, 0.1) is 0 Å². The second-order valence-electron chi connectivity index (χ2n) is 3.05. The Morgan fingerprint density at radius 3 is 2.93 bits per heavy atom. The summed E-state index contributed by atoms with van der Waals surface area (Å²) in [5.74, 6) is 0. The Labute approximate surface area is 94.2 Å². The third-order valence-corrected chi connectivity index (χ3v) is 3.41. The Kier molecular flexibility index (Phi) is 5.48. The van der Waals surface area contributed by atoms with Crippen molar-refractivity contribution in [2.45, 2.75) is 19.4 Å². The largest absolute Gasteiger partial charge is 0.379 e. The Hall–Kier alpha value is -0.0900. The molecule has 1 aromatic rings. The maximum atomic E-state index is 6.04. The monoisotopic (exact) mass is 233 g/mol. The molecule has 1 heterocycles. The fraction of sp³-hybridized carbons (Fsp3) is 0.600. The number of likely N-dealkylation sites (N-methyl/N-ethyl adjacent to an activating group) is 1. The van der Waals surface area contributed by atoms with E-state index < -0.39 is 0 Å². The maximum Gasteiger partial charge on any atom is 0.0669 e. The minimum Gasteiger partial charge on any atom is -0.379 e. The van der Waals surface area contributed by atoms with E-state index in [4.69, 9.17) is 16.3 Å². The van der Waals surface area contributed by atoms with E-state index in [-0.39, 0.29) is 6.04 Å². The summed E-state index contributed by atoms with van der Waals surface area (Å²) >= 11 is 7.71. The fourth-order valence-corrected chi connectivity index (χ4v) is 2.47. The molecule has 1 unspecified atom stereocenters. The highest BCUT2D eigenvalue weighted by molar-refractivity contribution is 7.10. The molecule has 0 amide bonds. The van der Waals surface area contributed by atoms with Crippen LogP contribution in [0.2, 0.25) is 5.02 Å². The number of ether oxygens (including phenoxy) is 1. The van der Waals surface area contributed by atoms with Gasteiger partial charge in [0.25, 0.3) is 0 Å². The predicted octanol–water partition coefficient (Wildman–Crippen LogP) is 3.09. The van der Waals surface area contributed by atoms with Gasteiger partial charge in [-0.05, 0) is 24.9 Å². The van der Waals surface area contributed by atoms with E-state index >= 15 is 0 Å². The summed E-state index contributed by atoms with van der Waals surface area (Å²) in [6.45, 7) is 3.60. The van der Waals surface area contributed by atoms with Gasteiger partial charge in [0.15, 0.2) is 0 Å². The van der Waals surface area contributed by atoms with Crippen molar-refractivity contribution >= 4 is 22.9 Å². The zero-order valence-corrected chi connectivity index (χ0v) is 10.1. The van der Waals surface area contributed by atoms with E-state index in [0.29, 0.717) is 6.61 Å². The molecule has 1 N–H and O–H groups in total. The summed E-state index contributed by atoms with van der Waals surface area (Å²) in [7, 11) is 1.93. The molecule has 0 bridgehead atoms. The van der Waals surface area contributed by atoms with Crippen molar-refractivity contribution in [3.63, 3.8) is 0 Å². The first-order chi connectivity index (χ1) is 6.79. The highest BCUT2D eigenvalue weighted by atomic mass is 35.5. The molecular formula is C10H16ClNOS. The van der Waals surface area contributed by atoms with Gasteiger partial charge in [0.1, 0.15) is 0 Å². The molecule has 0 aromatic carbocycles. The van der Waals surface area contributed by atoms with Crippen molar-refractivity contribution in [1.82, 2.24) is 5.32 Å². The van der Waals surface area contributed by atoms with Crippen molar-refractivity contribution in [2.75, 3.05) is 20.3 Å². The summed E-state index contributed by atoms with van der Waals surface area (Å²) in [4.78, 5) is 1.16. The summed E-state index contributed by atoms with van der Waals surface area (Å²) < 4.78 is 5.50. The SMILES string of the molecule is CCCOCC(NC)c1sccc1Cl.